The molecule has 2 N–H and O–H groups in total. The number of para-hydroxylation sites is 1. The molecule has 0 heterocycles. The quantitative estimate of drug-likeness (QED) is 0.803. The molecule has 0 saturated heterocycles. The van der Waals surface area contributed by atoms with Crippen molar-refractivity contribution in [2.75, 3.05) is 0 Å². The second kappa shape index (κ2) is 5.29. The van der Waals surface area contributed by atoms with E-state index in [4.69, 9.17) is 9.79 Å². The largest absolute Gasteiger partial charge is 0.524 e. The molecule has 0 spiro atoms. The van der Waals surface area contributed by atoms with Gasteiger partial charge in [-0.2, -0.15) is 0 Å². The van der Waals surface area contributed by atoms with E-state index in [2.05, 4.69) is 4.52 Å². The van der Waals surface area contributed by atoms with Gasteiger partial charge in [-0.3, -0.25) is 9.79 Å². The van der Waals surface area contributed by atoms with Gasteiger partial charge in [0.1, 0.15) is 5.75 Å². The molecule has 0 aromatic heterocycles. The number of hydrogen-bond acceptors (Lipinski definition) is 2. The van der Waals surface area contributed by atoms with Gasteiger partial charge >= 0.3 is 7.82 Å². The maximum atomic E-state index is 10.3. The minimum Gasteiger partial charge on any atom is -0.404 e. The molecule has 0 aliphatic rings. The molecule has 0 fully saturated rings. The monoisotopic (exact) mass is 316 g/mol. The van der Waals surface area contributed by atoms with E-state index < -0.39 is 7.82 Å². The molecular weight excluding hydrogens is 311 g/mol. The first-order valence-electron chi connectivity index (χ1n) is 2.88. The van der Waals surface area contributed by atoms with Crippen molar-refractivity contribution < 1.29 is 59.7 Å². The Morgan fingerprint density at radius 1 is 1.17 bits per heavy atom. The van der Waals surface area contributed by atoms with Gasteiger partial charge in [0, 0.05) is 40.8 Å². The van der Waals surface area contributed by atoms with Crippen LogP contribution in [0, 0.1) is 40.8 Å². The molecule has 12 heavy (non-hydrogen) atoms. The normalized spacial score (nSPS) is 10.2. The van der Waals surface area contributed by atoms with Crippen LogP contribution in [0.5, 0.6) is 5.75 Å². The Hall–Kier alpha value is 0.521. The van der Waals surface area contributed by atoms with Crippen LogP contribution in [0.1, 0.15) is 0 Å². The van der Waals surface area contributed by atoms with Crippen LogP contribution >= 0.6 is 7.82 Å². The first-order valence-corrected chi connectivity index (χ1v) is 4.41. The van der Waals surface area contributed by atoms with Crippen molar-refractivity contribution in [1.82, 2.24) is 0 Å². The fourth-order valence-corrected chi connectivity index (χ4v) is 1.02. The van der Waals surface area contributed by atoms with Gasteiger partial charge in [-0.05, 0) is 12.1 Å². The molecule has 64 valence electrons. The minimum atomic E-state index is -4.39. The van der Waals surface area contributed by atoms with E-state index in [1.165, 1.54) is 12.1 Å². The van der Waals surface area contributed by atoms with Crippen LogP contribution in [0.2, 0.25) is 0 Å². The summed E-state index contributed by atoms with van der Waals surface area (Å²) in [6, 6.07) is 7.93. The van der Waals surface area contributed by atoms with Gasteiger partial charge in [0.25, 0.3) is 0 Å². The summed E-state index contributed by atoms with van der Waals surface area (Å²) in [6.07, 6.45) is 0. The van der Waals surface area contributed by atoms with Crippen molar-refractivity contribution >= 4 is 7.82 Å². The van der Waals surface area contributed by atoms with E-state index in [-0.39, 0.29) is 46.6 Å². The molecule has 0 aliphatic carbocycles. The molecule has 0 saturated carbocycles. The summed E-state index contributed by atoms with van der Waals surface area (Å²) in [6.45, 7) is 0. The zero-order valence-electron chi connectivity index (χ0n) is 6.04. The predicted molar refractivity (Wildman–Crippen MR) is 39.1 cm³/mol. The fraction of sp³-hybridized carbons (Fsp3) is 0. The summed E-state index contributed by atoms with van der Waals surface area (Å²) < 4.78 is 14.5. The summed E-state index contributed by atoms with van der Waals surface area (Å²) in [4.78, 5) is 16.7. The summed E-state index contributed by atoms with van der Waals surface area (Å²) in [7, 11) is -4.39. The Morgan fingerprint density at radius 3 is 2.08 bits per heavy atom. The van der Waals surface area contributed by atoms with E-state index in [1.807, 2.05) is 0 Å². The van der Waals surface area contributed by atoms with Crippen molar-refractivity contribution in [3.63, 3.8) is 0 Å². The van der Waals surface area contributed by atoms with Crippen LogP contribution in [0.25, 0.3) is 0 Å². The summed E-state index contributed by atoms with van der Waals surface area (Å²) in [5.41, 5.74) is 0. The number of phosphoric ester groups is 1. The van der Waals surface area contributed by atoms with E-state index in [0.717, 1.165) is 0 Å². The Bertz CT molecular complexity index is 270. The average Bonchev–Trinajstić information content (AvgIpc) is 1.85. The maximum absolute atomic E-state index is 10.3. The zero-order valence-corrected chi connectivity index (χ0v) is 10.1. The average molecular weight is 318 g/mol. The second-order valence-electron chi connectivity index (χ2n) is 1.89. The van der Waals surface area contributed by atoms with Gasteiger partial charge in [0.2, 0.25) is 0 Å². The smallest absolute Gasteiger partial charge is 0.404 e. The van der Waals surface area contributed by atoms with Gasteiger partial charge in [-0.25, -0.2) is 4.57 Å². The predicted octanol–water partition coefficient (Wildman–Crippen LogP) is 1.16. The maximum Gasteiger partial charge on any atom is 0.524 e. The van der Waals surface area contributed by atoms with Crippen LogP contribution in [-0.2, 0) is 4.57 Å². The molecule has 6 heteroatoms. The molecule has 4 nitrogen and oxygen atoms in total. The Morgan fingerprint density at radius 2 is 1.67 bits per heavy atom. The Labute approximate surface area is 103 Å². The van der Waals surface area contributed by atoms with Crippen molar-refractivity contribution in [3.05, 3.63) is 30.3 Å². The van der Waals surface area contributed by atoms with E-state index in [9.17, 15) is 4.57 Å². The third-order valence-corrected chi connectivity index (χ3v) is 1.42. The molecule has 0 bridgehead atoms. The van der Waals surface area contributed by atoms with Crippen LogP contribution in [0.15, 0.2) is 30.3 Å². The molecule has 0 unspecified atom stereocenters. The fourth-order valence-electron chi connectivity index (χ4n) is 0.619. The molecule has 0 amide bonds. The van der Waals surface area contributed by atoms with Crippen molar-refractivity contribution in [2.45, 2.75) is 0 Å². The van der Waals surface area contributed by atoms with Crippen molar-refractivity contribution in [2.24, 2.45) is 0 Å². The summed E-state index contributed by atoms with van der Waals surface area (Å²) in [5.74, 6) is 0.167. The number of phosphoric acid groups is 1. The number of rotatable bonds is 2. The third kappa shape index (κ3) is 5.22. The van der Waals surface area contributed by atoms with Gasteiger partial charge in [0.15, 0.2) is 0 Å². The van der Waals surface area contributed by atoms with Crippen molar-refractivity contribution in [3.8, 4) is 5.75 Å². The SMILES string of the molecule is O=P(O)(O)Oc1ccccc1.[Nd]. The van der Waals surface area contributed by atoms with Crippen LogP contribution < -0.4 is 4.52 Å². The zero-order chi connectivity index (χ0) is 8.32. The molecule has 0 aliphatic heterocycles. The first kappa shape index (κ1) is 12.5. The van der Waals surface area contributed by atoms with E-state index >= 15 is 0 Å². The molecule has 1 aromatic carbocycles. The Kier molecular flexibility index (Phi) is 5.52. The van der Waals surface area contributed by atoms with Gasteiger partial charge < -0.3 is 4.52 Å². The molecule has 1 rings (SSSR count). The van der Waals surface area contributed by atoms with Crippen LogP contribution in [-0.4, -0.2) is 9.79 Å². The second-order valence-corrected chi connectivity index (χ2v) is 3.06. The molecule has 0 atom stereocenters. The van der Waals surface area contributed by atoms with Crippen LogP contribution in [0.4, 0.5) is 0 Å². The first-order chi connectivity index (χ1) is 5.08. The van der Waals surface area contributed by atoms with Gasteiger partial charge in [-0.15, -0.1) is 0 Å². The standard InChI is InChI=1S/C6H7O4P.Nd/c7-11(8,9)10-6-4-2-1-3-5-6;/h1-5H,(H2,7,8,9);. The molecular formula is C6H7NdO4P. The van der Waals surface area contributed by atoms with E-state index in [1.54, 1.807) is 18.2 Å². The topological polar surface area (TPSA) is 66.8 Å². The third-order valence-electron chi connectivity index (χ3n) is 0.968. The van der Waals surface area contributed by atoms with E-state index in [0.29, 0.717) is 0 Å². The van der Waals surface area contributed by atoms with Gasteiger partial charge in [0.05, 0.1) is 0 Å². The minimum absolute atomic E-state index is 0. The molecule has 0 radical (unpaired) electrons. The van der Waals surface area contributed by atoms with Crippen LogP contribution in [0.3, 0.4) is 0 Å². The number of benzene rings is 1. The molecule has 1 aromatic rings. The summed E-state index contributed by atoms with van der Waals surface area (Å²) in [5, 5.41) is 0. The number of hydrogen-bond donors (Lipinski definition) is 2. The van der Waals surface area contributed by atoms with Crippen molar-refractivity contribution in [1.29, 1.82) is 0 Å². The summed E-state index contributed by atoms with van der Waals surface area (Å²) >= 11 is 0. The Balaban J connectivity index is 0.00000121. The van der Waals surface area contributed by atoms with Gasteiger partial charge in [-0.1, -0.05) is 18.2 Å².